The van der Waals surface area contributed by atoms with Crippen LogP contribution >= 0.6 is 0 Å². The van der Waals surface area contributed by atoms with E-state index in [0.717, 1.165) is 5.56 Å². The highest BCUT2D eigenvalue weighted by molar-refractivity contribution is 6.03. The number of pyridine rings is 1. The van der Waals surface area contributed by atoms with Gasteiger partial charge in [-0.25, -0.2) is 14.2 Å². The Morgan fingerprint density at radius 1 is 1.22 bits per heavy atom. The second-order valence-corrected chi connectivity index (χ2v) is 4.98. The predicted molar refractivity (Wildman–Crippen MR) is 85.3 cm³/mol. The third-order valence-electron chi connectivity index (χ3n) is 3.44. The summed E-state index contributed by atoms with van der Waals surface area (Å²) in [6, 6.07) is 12.6. The largest absolute Gasteiger partial charge is 0.494 e. The van der Waals surface area contributed by atoms with Gasteiger partial charge in [-0.05, 0) is 43.3 Å². The summed E-state index contributed by atoms with van der Waals surface area (Å²) in [5.41, 5.74) is 1.70. The number of hydrogen-bond acceptors (Lipinski definition) is 3. The second kappa shape index (κ2) is 6.04. The maximum absolute atomic E-state index is 13.4. The topological polar surface area (TPSA) is 59.4 Å². The average Bonchev–Trinajstić information content (AvgIpc) is 2.54. The molecular formula is C18H14FNO3. The van der Waals surface area contributed by atoms with Crippen LogP contribution in [-0.4, -0.2) is 22.7 Å². The van der Waals surface area contributed by atoms with Crippen molar-refractivity contribution >= 4 is 16.9 Å². The molecule has 5 heteroatoms. The van der Waals surface area contributed by atoms with Crippen LogP contribution in [0, 0.1) is 5.82 Å². The highest BCUT2D eigenvalue weighted by Crippen LogP contribution is 2.27. The normalized spacial score (nSPS) is 10.7. The highest BCUT2D eigenvalue weighted by Gasteiger charge is 2.14. The number of carbonyl (C=O) groups is 1. The van der Waals surface area contributed by atoms with Crippen LogP contribution in [0.2, 0.25) is 0 Å². The second-order valence-electron chi connectivity index (χ2n) is 4.98. The minimum absolute atomic E-state index is 0.0197. The summed E-state index contributed by atoms with van der Waals surface area (Å²) in [5.74, 6) is -0.930. The van der Waals surface area contributed by atoms with E-state index in [-0.39, 0.29) is 10.9 Å². The van der Waals surface area contributed by atoms with Gasteiger partial charge >= 0.3 is 5.97 Å². The van der Waals surface area contributed by atoms with Crippen molar-refractivity contribution in [2.75, 3.05) is 6.61 Å². The molecule has 0 fully saturated rings. The van der Waals surface area contributed by atoms with Crippen molar-refractivity contribution < 1.29 is 19.0 Å². The van der Waals surface area contributed by atoms with E-state index in [1.54, 1.807) is 6.07 Å². The van der Waals surface area contributed by atoms with Gasteiger partial charge in [-0.1, -0.05) is 12.1 Å². The molecule has 0 spiro atoms. The summed E-state index contributed by atoms with van der Waals surface area (Å²) in [4.78, 5) is 15.9. The number of rotatable bonds is 4. The third kappa shape index (κ3) is 2.99. The lowest BCUT2D eigenvalue weighted by atomic mass is 10.0. The fourth-order valence-corrected chi connectivity index (χ4v) is 2.43. The molecule has 2 aromatic carbocycles. The van der Waals surface area contributed by atoms with Crippen LogP contribution in [0.25, 0.3) is 22.2 Å². The first-order valence-corrected chi connectivity index (χ1v) is 7.15. The van der Waals surface area contributed by atoms with Gasteiger partial charge in [-0.2, -0.15) is 0 Å². The number of fused-ring (bicyclic) bond motifs is 1. The van der Waals surface area contributed by atoms with Gasteiger partial charge in [-0.3, -0.25) is 0 Å². The zero-order valence-electron chi connectivity index (χ0n) is 12.4. The Bertz CT molecular complexity index is 893. The number of hydrogen-bond donors (Lipinski definition) is 1. The van der Waals surface area contributed by atoms with Crippen LogP contribution in [0.15, 0.2) is 48.5 Å². The molecule has 3 rings (SSSR count). The van der Waals surface area contributed by atoms with Crippen molar-refractivity contribution in [2.45, 2.75) is 6.92 Å². The molecule has 3 aromatic rings. The zero-order chi connectivity index (χ0) is 16.4. The quantitative estimate of drug-likeness (QED) is 0.786. The lowest BCUT2D eigenvalue weighted by molar-refractivity contribution is 0.0699. The van der Waals surface area contributed by atoms with Gasteiger partial charge in [0.1, 0.15) is 11.6 Å². The summed E-state index contributed by atoms with van der Waals surface area (Å²) in [6.45, 7) is 2.42. The summed E-state index contributed by atoms with van der Waals surface area (Å²) < 4.78 is 18.9. The summed E-state index contributed by atoms with van der Waals surface area (Å²) >= 11 is 0. The molecule has 116 valence electrons. The van der Waals surface area contributed by atoms with Gasteiger partial charge in [0, 0.05) is 10.9 Å². The van der Waals surface area contributed by atoms with Crippen molar-refractivity contribution in [3.63, 3.8) is 0 Å². The van der Waals surface area contributed by atoms with Crippen molar-refractivity contribution in [2.24, 2.45) is 0 Å². The van der Waals surface area contributed by atoms with Crippen LogP contribution in [0.4, 0.5) is 4.39 Å². The van der Waals surface area contributed by atoms with Crippen molar-refractivity contribution in [1.29, 1.82) is 0 Å². The Labute approximate surface area is 132 Å². The molecular weight excluding hydrogens is 297 g/mol. The molecule has 0 atom stereocenters. The van der Waals surface area contributed by atoms with Crippen LogP contribution in [0.1, 0.15) is 17.3 Å². The standard InChI is InChI=1S/C18H14FNO3/c1-2-23-13-5-3-4-11(8-13)17-10-15(18(21)22)14-9-12(19)6-7-16(14)20-17/h3-10H,2H2,1H3,(H,21,22). The minimum Gasteiger partial charge on any atom is -0.494 e. The summed E-state index contributed by atoms with van der Waals surface area (Å²) in [6.07, 6.45) is 0. The molecule has 0 aliphatic rings. The Hall–Kier alpha value is -2.95. The van der Waals surface area contributed by atoms with Crippen molar-refractivity contribution in [3.05, 3.63) is 59.9 Å². The SMILES string of the molecule is CCOc1cccc(-c2cc(C(=O)O)c3cc(F)ccc3n2)c1. The van der Waals surface area contributed by atoms with E-state index >= 15 is 0 Å². The Balaban J connectivity index is 2.20. The van der Waals surface area contributed by atoms with Gasteiger partial charge in [0.25, 0.3) is 0 Å². The maximum atomic E-state index is 13.4. The highest BCUT2D eigenvalue weighted by atomic mass is 19.1. The fourth-order valence-electron chi connectivity index (χ4n) is 2.43. The van der Waals surface area contributed by atoms with Gasteiger partial charge in [0.05, 0.1) is 23.4 Å². The van der Waals surface area contributed by atoms with Crippen LogP contribution in [0.5, 0.6) is 5.75 Å². The lowest BCUT2D eigenvalue weighted by Crippen LogP contribution is -2.01. The van der Waals surface area contributed by atoms with Crippen LogP contribution < -0.4 is 4.74 Å². The number of ether oxygens (including phenoxy) is 1. The fraction of sp³-hybridized carbons (Fsp3) is 0.111. The predicted octanol–water partition coefficient (Wildman–Crippen LogP) is 4.14. The van der Waals surface area contributed by atoms with Gasteiger partial charge in [0.15, 0.2) is 0 Å². The third-order valence-corrected chi connectivity index (χ3v) is 3.44. The molecule has 0 saturated carbocycles. The summed E-state index contributed by atoms with van der Waals surface area (Å²) in [7, 11) is 0. The smallest absolute Gasteiger partial charge is 0.336 e. The van der Waals surface area contributed by atoms with Crippen molar-refractivity contribution in [3.8, 4) is 17.0 Å². The Morgan fingerprint density at radius 2 is 2.04 bits per heavy atom. The summed E-state index contributed by atoms with van der Waals surface area (Å²) in [5, 5.41) is 9.69. The molecule has 1 aromatic heterocycles. The number of carboxylic acids is 1. The van der Waals surface area contributed by atoms with E-state index in [1.165, 1.54) is 24.3 Å². The van der Waals surface area contributed by atoms with Gasteiger partial charge in [-0.15, -0.1) is 0 Å². The Kier molecular flexibility index (Phi) is 3.93. The molecule has 0 aliphatic heterocycles. The molecule has 4 nitrogen and oxygen atoms in total. The van der Waals surface area contributed by atoms with Gasteiger partial charge in [0.2, 0.25) is 0 Å². The van der Waals surface area contributed by atoms with E-state index in [1.807, 2.05) is 25.1 Å². The van der Waals surface area contributed by atoms with E-state index in [2.05, 4.69) is 4.98 Å². The Morgan fingerprint density at radius 3 is 2.78 bits per heavy atom. The average molecular weight is 311 g/mol. The molecule has 0 amide bonds. The number of aromatic nitrogens is 1. The van der Waals surface area contributed by atoms with E-state index in [9.17, 15) is 14.3 Å². The minimum atomic E-state index is -1.12. The number of benzene rings is 2. The van der Waals surface area contributed by atoms with Gasteiger partial charge < -0.3 is 9.84 Å². The molecule has 1 N–H and O–H groups in total. The van der Waals surface area contributed by atoms with E-state index in [4.69, 9.17) is 4.74 Å². The first-order chi connectivity index (χ1) is 11.1. The molecule has 23 heavy (non-hydrogen) atoms. The van der Waals surface area contributed by atoms with Crippen molar-refractivity contribution in [1.82, 2.24) is 4.98 Å². The molecule has 0 aliphatic carbocycles. The maximum Gasteiger partial charge on any atom is 0.336 e. The number of nitrogens with zero attached hydrogens (tertiary/aromatic N) is 1. The monoisotopic (exact) mass is 311 g/mol. The first-order valence-electron chi connectivity index (χ1n) is 7.15. The van der Waals surface area contributed by atoms with Crippen LogP contribution in [-0.2, 0) is 0 Å². The van der Waals surface area contributed by atoms with E-state index < -0.39 is 11.8 Å². The number of aromatic carboxylic acids is 1. The number of carboxylic acid groups (broad SMARTS) is 1. The molecule has 0 unspecified atom stereocenters. The molecule has 0 radical (unpaired) electrons. The first kappa shape index (κ1) is 15.0. The molecule has 1 heterocycles. The zero-order valence-corrected chi connectivity index (χ0v) is 12.4. The molecule has 0 saturated heterocycles. The van der Waals surface area contributed by atoms with E-state index in [0.29, 0.717) is 23.6 Å². The lowest BCUT2D eigenvalue weighted by Gasteiger charge is -2.09. The molecule has 0 bridgehead atoms. The van der Waals surface area contributed by atoms with Crippen LogP contribution in [0.3, 0.4) is 0 Å². The number of halogens is 1.